The summed E-state index contributed by atoms with van der Waals surface area (Å²) in [5.41, 5.74) is 4.17. The van der Waals surface area contributed by atoms with E-state index in [1.165, 1.54) is 0 Å². The fourth-order valence-electron chi connectivity index (χ4n) is 4.37. The molecule has 2 heterocycles. The predicted molar refractivity (Wildman–Crippen MR) is 133 cm³/mol. The van der Waals surface area contributed by atoms with Crippen LogP contribution in [0.3, 0.4) is 0 Å². The number of carbonyl (C=O) groups is 1. The molecule has 0 spiro atoms. The van der Waals surface area contributed by atoms with Crippen molar-refractivity contribution in [3.63, 3.8) is 0 Å². The first-order valence-corrected chi connectivity index (χ1v) is 11.2. The highest BCUT2D eigenvalue weighted by atomic mass is 16.1. The largest absolute Gasteiger partial charge is 0.350 e. The van der Waals surface area contributed by atoms with Gasteiger partial charge in [-0.25, -0.2) is 9.67 Å². The lowest BCUT2D eigenvalue weighted by Crippen LogP contribution is -2.28. The fourth-order valence-corrected chi connectivity index (χ4v) is 4.37. The summed E-state index contributed by atoms with van der Waals surface area (Å²) < 4.78 is 3.26. The van der Waals surface area contributed by atoms with Crippen LogP contribution in [0.5, 0.6) is 0 Å². The number of hydrogen-bond acceptors (Lipinski definition) is 4. The van der Waals surface area contributed by atoms with Crippen molar-refractivity contribution in [3.05, 3.63) is 106 Å². The first-order chi connectivity index (χ1) is 16.5. The van der Waals surface area contributed by atoms with E-state index in [2.05, 4.69) is 33.6 Å². The molecule has 0 aliphatic heterocycles. The van der Waals surface area contributed by atoms with Crippen molar-refractivity contribution < 1.29 is 4.79 Å². The third-order valence-electron chi connectivity index (χ3n) is 5.94. The smallest absolute Gasteiger partial charge is 0.264 e. The summed E-state index contributed by atoms with van der Waals surface area (Å²) in [4.78, 5) is 30.1. The van der Waals surface area contributed by atoms with E-state index in [9.17, 15) is 9.59 Å². The average Bonchev–Trinajstić information content (AvgIpc) is 3.24. The van der Waals surface area contributed by atoms with Crippen LogP contribution >= 0.6 is 0 Å². The number of aromatic nitrogens is 4. The minimum Gasteiger partial charge on any atom is -0.350 e. The second-order valence-electron chi connectivity index (χ2n) is 8.55. The number of nitrogens with zero attached hydrogens (tertiary/aromatic N) is 4. The van der Waals surface area contributed by atoms with Gasteiger partial charge in [-0.3, -0.25) is 14.2 Å². The Morgan fingerprint density at radius 1 is 0.971 bits per heavy atom. The van der Waals surface area contributed by atoms with Gasteiger partial charge in [0.15, 0.2) is 5.65 Å². The zero-order valence-electron chi connectivity index (χ0n) is 19.2. The lowest BCUT2D eigenvalue weighted by Gasteiger charge is -2.10. The van der Waals surface area contributed by atoms with E-state index in [0.29, 0.717) is 36.2 Å². The minimum atomic E-state index is -0.136. The van der Waals surface area contributed by atoms with Gasteiger partial charge in [0.1, 0.15) is 11.7 Å². The van der Waals surface area contributed by atoms with Crippen LogP contribution in [0.2, 0.25) is 0 Å². The number of carbonyl (C=O) groups excluding carboxylic acids is 1. The lowest BCUT2D eigenvalue weighted by atomic mass is 10.0. The predicted octanol–water partition coefficient (Wildman–Crippen LogP) is 3.84. The zero-order chi connectivity index (χ0) is 23.7. The van der Waals surface area contributed by atoms with Gasteiger partial charge in [-0.2, -0.15) is 5.10 Å². The van der Waals surface area contributed by atoms with E-state index in [-0.39, 0.29) is 11.5 Å². The van der Waals surface area contributed by atoms with Crippen LogP contribution in [0.25, 0.3) is 21.8 Å². The van der Waals surface area contributed by atoms with Gasteiger partial charge in [0, 0.05) is 12.1 Å². The normalized spacial score (nSPS) is 11.2. The van der Waals surface area contributed by atoms with Crippen LogP contribution in [0.1, 0.15) is 27.0 Å². The highest BCUT2D eigenvalue weighted by molar-refractivity contribution is 5.94. The first kappa shape index (κ1) is 21.6. The van der Waals surface area contributed by atoms with Crippen molar-refractivity contribution in [1.82, 2.24) is 24.6 Å². The summed E-state index contributed by atoms with van der Waals surface area (Å²) in [6.07, 6.45) is 3.12. The standard InChI is InChI=1S/C27H25N5O2/c1-18-12-19(2)14-22(13-18)26(33)28-10-11-32-25-24(15-30-32)27(34)31(17-29-25)16-21-8-5-7-20-6-3-4-9-23(20)21/h3-9,12-15,17H,10-11,16H2,1-2H3,(H,28,33). The molecule has 0 aliphatic carbocycles. The van der Waals surface area contributed by atoms with Crippen LogP contribution < -0.4 is 10.9 Å². The van der Waals surface area contributed by atoms with E-state index in [1.54, 1.807) is 21.8 Å². The Morgan fingerprint density at radius 2 is 1.74 bits per heavy atom. The number of amides is 1. The fraction of sp³-hybridized carbons (Fsp3) is 0.185. The molecule has 0 bridgehead atoms. The second-order valence-corrected chi connectivity index (χ2v) is 8.55. The summed E-state index contributed by atoms with van der Waals surface area (Å²) in [5, 5.41) is 9.98. The van der Waals surface area contributed by atoms with Gasteiger partial charge in [-0.05, 0) is 42.3 Å². The van der Waals surface area contributed by atoms with Crippen molar-refractivity contribution in [3.8, 4) is 0 Å². The maximum atomic E-state index is 13.1. The molecule has 0 fully saturated rings. The van der Waals surface area contributed by atoms with Gasteiger partial charge >= 0.3 is 0 Å². The molecule has 1 N–H and O–H groups in total. The molecule has 170 valence electrons. The van der Waals surface area contributed by atoms with Gasteiger partial charge in [-0.15, -0.1) is 0 Å². The molecule has 0 aliphatic rings. The minimum absolute atomic E-state index is 0.131. The van der Waals surface area contributed by atoms with Gasteiger partial charge < -0.3 is 5.32 Å². The number of rotatable bonds is 6. The average molecular weight is 452 g/mol. The van der Waals surface area contributed by atoms with Crippen LogP contribution in [0.4, 0.5) is 0 Å². The molecular formula is C27H25N5O2. The molecule has 0 atom stereocenters. The van der Waals surface area contributed by atoms with E-state index in [1.807, 2.05) is 56.3 Å². The molecule has 3 aromatic carbocycles. The number of nitrogens with one attached hydrogen (secondary N) is 1. The van der Waals surface area contributed by atoms with E-state index < -0.39 is 0 Å². The highest BCUT2D eigenvalue weighted by Crippen LogP contribution is 2.19. The zero-order valence-corrected chi connectivity index (χ0v) is 19.2. The third kappa shape index (κ3) is 4.20. The van der Waals surface area contributed by atoms with E-state index in [4.69, 9.17) is 0 Å². The van der Waals surface area contributed by atoms with E-state index >= 15 is 0 Å². The molecule has 2 aromatic heterocycles. The Bertz CT molecular complexity index is 1560. The van der Waals surface area contributed by atoms with Crippen molar-refractivity contribution >= 4 is 27.7 Å². The Labute approximate surface area is 196 Å². The molecule has 0 radical (unpaired) electrons. The summed E-state index contributed by atoms with van der Waals surface area (Å²) in [5.74, 6) is -0.131. The van der Waals surface area contributed by atoms with Crippen molar-refractivity contribution in [2.75, 3.05) is 6.54 Å². The van der Waals surface area contributed by atoms with Gasteiger partial charge in [0.2, 0.25) is 0 Å². The number of fused-ring (bicyclic) bond motifs is 2. The summed E-state index contributed by atoms with van der Waals surface area (Å²) >= 11 is 0. The molecule has 7 nitrogen and oxygen atoms in total. The maximum absolute atomic E-state index is 13.1. The Balaban J connectivity index is 1.32. The molecule has 34 heavy (non-hydrogen) atoms. The van der Waals surface area contributed by atoms with E-state index in [0.717, 1.165) is 27.5 Å². The summed E-state index contributed by atoms with van der Waals surface area (Å²) in [7, 11) is 0. The van der Waals surface area contributed by atoms with Crippen LogP contribution in [0.15, 0.2) is 78.0 Å². The summed E-state index contributed by atoms with van der Waals surface area (Å²) in [6.45, 7) is 5.17. The van der Waals surface area contributed by atoms with Crippen molar-refractivity contribution in [2.24, 2.45) is 0 Å². The molecule has 5 aromatic rings. The Kier molecular flexibility index (Phi) is 5.67. The first-order valence-electron chi connectivity index (χ1n) is 11.2. The molecule has 0 saturated carbocycles. The molecule has 5 rings (SSSR count). The Hall–Kier alpha value is -4.26. The number of hydrogen-bond donors (Lipinski definition) is 1. The van der Waals surface area contributed by atoms with Crippen molar-refractivity contribution in [2.45, 2.75) is 26.9 Å². The maximum Gasteiger partial charge on any atom is 0.264 e. The van der Waals surface area contributed by atoms with Crippen LogP contribution in [0, 0.1) is 13.8 Å². The van der Waals surface area contributed by atoms with Crippen LogP contribution in [-0.2, 0) is 13.1 Å². The van der Waals surface area contributed by atoms with Crippen molar-refractivity contribution in [1.29, 1.82) is 0 Å². The Morgan fingerprint density at radius 3 is 2.56 bits per heavy atom. The second kappa shape index (κ2) is 8.94. The summed E-state index contributed by atoms with van der Waals surface area (Å²) in [6, 6.07) is 20.0. The van der Waals surface area contributed by atoms with Gasteiger partial charge in [-0.1, -0.05) is 59.7 Å². The SMILES string of the molecule is Cc1cc(C)cc(C(=O)NCCn2ncc3c(=O)n(Cc4cccc5ccccc45)cnc32)c1. The lowest BCUT2D eigenvalue weighted by molar-refractivity contribution is 0.0952. The molecular weight excluding hydrogens is 426 g/mol. The van der Waals surface area contributed by atoms with Crippen LogP contribution in [-0.4, -0.2) is 31.8 Å². The van der Waals surface area contributed by atoms with Gasteiger partial charge in [0.25, 0.3) is 11.5 Å². The van der Waals surface area contributed by atoms with Gasteiger partial charge in [0.05, 0.1) is 19.3 Å². The quantitative estimate of drug-likeness (QED) is 0.425. The molecule has 7 heteroatoms. The monoisotopic (exact) mass is 451 g/mol. The third-order valence-corrected chi connectivity index (χ3v) is 5.94. The molecule has 1 amide bonds. The topological polar surface area (TPSA) is 81.8 Å². The highest BCUT2D eigenvalue weighted by Gasteiger charge is 2.12. The molecule has 0 unspecified atom stereocenters. The number of aryl methyl sites for hydroxylation is 2. The molecule has 0 saturated heterocycles. The number of benzene rings is 3.